The molecule has 5 heteroatoms. The molecule has 0 spiro atoms. The summed E-state index contributed by atoms with van der Waals surface area (Å²) in [7, 11) is 0. The largest absolute Gasteiger partial charge is 0.338 e. The third-order valence-corrected chi connectivity index (χ3v) is 5.17. The molecule has 136 valence electrons. The maximum Gasteiger partial charge on any atom is 0.314 e. The number of hydrogen-bond acceptors (Lipinski definition) is 2. The average Bonchev–Trinajstić information content (AvgIpc) is 2.60. The van der Waals surface area contributed by atoms with Crippen molar-refractivity contribution in [2.75, 3.05) is 13.1 Å². The number of unbranched alkanes of at least 4 members (excludes halogenated alkanes) is 1. The van der Waals surface area contributed by atoms with Gasteiger partial charge >= 0.3 is 6.03 Å². The van der Waals surface area contributed by atoms with Crippen LogP contribution in [0, 0.1) is 5.92 Å². The molecule has 24 heavy (non-hydrogen) atoms. The molecule has 1 aliphatic heterocycles. The van der Waals surface area contributed by atoms with E-state index in [0.717, 1.165) is 38.6 Å². The van der Waals surface area contributed by atoms with Gasteiger partial charge in [0.15, 0.2) is 0 Å². The lowest BCUT2D eigenvalue weighted by molar-refractivity contribution is -0.130. The summed E-state index contributed by atoms with van der Waals surface area (Å²) in [6.07, 6.45) is 11.5. The van der Waals surface area contributed by atoms with E-state index in [-0.39, 0.29) is 18.0 Å². The molecule has 1 aliphatic carbocycles. The van der Waals surface area contributed by atoms with Gasteiger partial charge in [0.05, 0.1) is 0 Å². The molecule has 0 saturated carbocycles. The molecular weight excluding hydrogens is 302 g/mol. The van der Waals surface area contributed by atoms with Crippen LogP contribution in [0.25, 0.3) is 0 Å². The average molecular weight is 335 g/mol. The molecule has 2 atom stereocenters. The summed E-state index contributed by atoms with van der Waals surface area (Å²) in [5.74, 6) is 0.874. The van der Waals surface area contributed by atoms with Gasteiger partial charge in [-0.2, -0.15) is 0 Å². The summed E-state index contributed by atoms with van der Waals surface area (Å²) in [4.78, 5) is 26.2. The van der Waals surface area contributed by atoms with Gasteiger partial charge < -0.3 is 15.5 Å². The molecule has 0 radical (unpaired) electrons. The van der Waals surface area contributed by atoms with Crippen LogP contribution in [0.2, 0.25) is 0 Å². The summed E-state index contributed by atoms with van der Waals surface area (Å²) in [6, 6.07) is 0.0873. The van der Waals surface area contributed by atoms with E-state index in [1.54, 1.807) is 0 Å². The molecular formula is C19H33N3O2. The number of piperidine rings is 1. The van der Waals surface area contributed by atoms with Crippen LogP contribution in [0.4, 0.5) is 4.79 Å². The van der Waals surface area contributed by atoms with E-state index in [1.807, 2.05) is 18.7 Å². The first kappa shape index (κ1) is 18.8. The standard InChI is InChI=1S/C19H33N3O2/c1-3-15(2)21-19(24)20-13-7-6-12-18(23)22-14-8-10-16-9-4-5-11-17(16)22/h11,15-16H,3-10,12-14H2,1-2H3,(H2,20,21,24). The number of carbonyl (C=O) groups is 2. The van der Waals surface area contributed by atoms with E-state index < -0.39 is 0 Å². The molecule has 0 bridgehead atoms. The predicted octanol–water partition coefficient (Wildman–Crippen LogP) is 3.56. The fourth-order valence-corrected chi connectivity index (χ4v) is 3.56. The van der Waals surface area contributed by atoms with Gasteiger partial charge in [-0.1, -0.05) is 13.0 Å². The van der Waals surface area contributed by atoms with Crippen LogP contribution in [0.15, 0.2) is 11.8 Å². The van der Waals surface area contributed by atoms with Gasteiger partial charge in [-0.15, -0.1) is 0 Å². The zero-order chi connectivity index (χ0) is 17.4. The third kappa shape index (κ3) is 5.53. The van der Waals surface area contributed by atoms with Crippen molar-refractivity contribution in [3.8, 4) is 0 Å². The normalized spacial score (nSPS) is 21.5. The number of carbonyl (C=O) groups excluding carboxylic acids is 2. The SMILES string of the molecule is CCC(C)NC(=O)NCCCCC(=O)N1CCCC2CCCC=C21. The van der Waals surface area contributed by atoms with Gasteiger partial charge in [0.2, 0.25) is 5.91 Å². The number of fused-ring (bicyclic) bond motifs is 1. The van der Waals surface area contributed by atoms with Crippen LogP contribution in [-0.2, 0) is 4.79 Å². The fraction of sp³-hybridized carbons (Fsp3) is 0.789. The number of allylic oxidation sites excluding steroid dienone is 2. The highest BCUT2D eigenvalue weighted by atomic mass is 16.2. The first-order chi connectivity index (χ1) is 11.6. The number of rotatable bonds is 7. The highest BCUT2D eigenvalue weighted by molar-refractivity contribution is 5.78. The molecule has 1 saturated heterocycles. The van der Waals surface area contributed by atoms with Crippen molar-refractivity contribution in [1.29, 1.82) is 0 Å². The molecule has 0 aromatic carbocycles. The summed E-state index contributed by atoms with van der Waals surface area (Å²) in [5, 5.41) is 5.74. The van der Waals surface area contributed by atoms with Crippen molar-refractivity contribution in [3.05, 3.63) is 11.8 Å². The van der Waals surface area contributed by atoms with Gasteiger partial charge in [-0.05, 0) is 64.2 Å². The van der Waals surface area contributed by atoms with Gasteiger partial charge in [-0.3, -0.25) is 4.79 Å². The van der Waals surface area contributed by atoms with E-state index in [1.165, 1.54) is 25.0 Å². The second kappa shape index (κ2) is 9.70. The predicted molar refractivity (Wildman–Crippen MR) is 96.5 cm³/mol. The van der Waals surface area contributed by atoms with Crippen LogP contribution < -0.4 is 10.6 Å². The zero-order valence-electron chi connectivity index (χ0n) is 15.3. The Kier molecular flexibility index (Phi) is 7.60. The number of nitrogens with zero attached hydrogens (tertiary/aromatic N) is 1. The number of nitrogens with one attached hydrogen (secondary N) is 2. The number of urea groups is 1. The molecule has 2 aliphatic rings. The Morgan fingerprint density at radius 2 is 2.08 bits per heavy atom. The second-order valence-corrected chi connectivity index (χ2v) is 7.11. The number of hydrogen-bond donors (Lipinski definition) is 2. The third-order valence-electron chi connectivity index (χ3n) is 5.17. The Balaban J connectivity index is 1.64. The fourth-order valence-electron chi connectivity index (χ4n) is 3.56. The quantitative estimate of drug-likeness (QED) is 0.699. The molecule has 1 fully saturated rings. The first-order valence-electron chi connectivity index (χ1n) is 9.66. The lowest BCUT2D eigenvalue weighted by Gasteiger charge is -2.38. The highest BCUT2D eigenvalue weighted by Crippen LogP contribution is 2.35. The lowest BCUT2D eigenvalue weighted by atomic mass is 9.85. The van der Waals surface area contributed by atoms with Gasteiger partial charge in [-0.25, -0.2) is 4.79 Å². The van der Waals surface area contributed by atoms with Crippen LogP contribution >= 0.6 is 0 Å². The molecule has 0 aromatic rings. The van der Waals surface area contributed by atoms with Gasteiger partial charge in [0.1, 0.15) is 0 Å². The zero-order valence-corrected chi connectivity index (χ0v) is 15.3. The summed E-state index contributed by atoms with van der Waals surface area (Å²) in [5.41, 5.74) is 1.29. The summed E-state index contributed by atoms with van der Waals surface area (Å²) < 4.78 is 0. The molecule has 1 heterocycles. The Morgan fingerprint density at radius 1 is 1.29 bits per heavy atom. The Hall–Kier alpha value is -1.52. The van der Waals surface area contributed by atoms with Crippen LogP contribution in [-0.4, -0.2) is 36.0 Å². The van der Waals surface area contributed by atoms with E-state index in [0.29, 0.717) is 18.9 Å². The van der Waals surface area contributed by atoms with E-state index in [2.05, 4.69) is 16.7 Å². The van der Waals surface area contributed by atoms with Crippen LogP contribution in [0.5, 0.6) is 0 Å². The van der Waals surface area contributed by atoms with Crippen molar-refractivity contribution >= 4 is 11.9 Å². The topological polar surface area (TPSA) is 61.4 Å². The Morgan fingerprint density at radius 3 is 2.88 bits per heavy atom. The van der Waals surface area contributed by atoms with Gasteiger partial charge in [0.25, 0.3) is 0 Å². The van der Waals surface area contributed by atoms with Crippen molar-refractivity contribution in [2.45, 2.75) is 77.7 Å². The number of amides is 3. The summed E-state index contributed by atoms with van der Waals surface area (Å²) in [6.45, 7) is 5.55. The molecule has 3 amide bonds. The minimum Gasteiger partial charge on any atom is -0.338 e. The minimum absolute atomic E-state index is 0.109. The Bertz CT molecular complexity index is 462. The van der Waals surface area contributed by atoms with Gasteiger partial charge in [0, 0.05) is 31.2 Å². The van der Waals surface area contributed by atoms with Crippen molar-refractivity contribution < 1.29 is 9.59 Å². The highest BCUT2D eigenvalue weighted by Gasteiger charge is 2.29. The van der Waals surface area contributed by atoms with Crippen molar-refractivity contribution in [2.24, 2.45) is 5.92 Å². The molecule has 5 nitrogen and oxygen atoms in total. The molecule has 2 rings (SSSR count). The lowest BCUT2D eigenvalue weighted by Crippen LogP contribution is -2.41. The monoisotopic (exact) mass is 335 g/mol. The smallest absolute Gasteiger partial charge is 0.314 e. The van der Waals surface area contributed by atoms with Crippen molar-refractivity contribution in [3.63, 3.8) is 0 Å². The number of likely N-dealkylation sites (tertiary alicyclic amines) is 1. The van der Waals surface area contributed by atoms with Crippen LogP contribution in [0.3, 0.4) is 0 Å². The van der Waals surface area contributed by atoms with E-state index in [4.69, 9.17) is 0 Å². The Labute approximate surface area is 146 Å². The molecule has 2 unspecified atom stereocenters. The van der Waals surface area contributed by atoms with E-state index in [9.17, 15) is 9.59 Å². The molecule has 0 aromatic heterocycles. The molecule has 2 N–H and O–H groups in total. The maximum atomic E-state index is 12.5. The summed E-state index contributed by atoms with van der Waals surface area (Å²) >= 11 is 0. The van der Waals surface area contributed by atoms with Crippen molar-refractivity contribution in [1.82, 2.24) is 15.5 Å². The minimum atomic E-state index is -0.109. The van der Waals surface area contributed by atoms with E-state index >= 15 is 0 Å². The van der Waals surface area contributed by atoms with Crippen LogP contribution in [0.1, 0.15) is 71.6 Å². The second-order valence-electron chi connectivity index (χ2n) is 7.11. The first-order valence-corrected chi connectivity index (χ1v) is 9.66. The maximum absolute atomic E-state index is 12.5.